The summed E-state index contributed by atoms with van der Waals surface area (Å²) in [5.74, 6) is 3.31. The van der Waals surface area contributed by atoms with E-state index < -0.39 is 0 Å². The van der Waals surface area contributed by atoms with Gasteiger partial charge in [-0.3, -0.25) is 4.79 Å². The molecule has 1 aromatic rings. The number of carbonyl (C=O) groups is 1. The highest BCUT2D eigenvalue weighted by Crippen LogP contribution is 2.32. The van der Waals surface area contributed by atoms with Crippen LogP contribution in [0.2, 0.25) is 0 Å². The van der Waals surface area contributed by atoms with Crippen molar-refractivity contribution in [2.75, 3.05) is 24.6 Å². The first kappa shape index (κ1) is 17.8. The van der Waals surface area contributed by atoms with E-state index >= 15 is 0 Å². The molecule has 0 unspecified atom stereocenters. The molecule has 1 saturated heterocycles. The Kier molecular flexibility index (Phi) is 6.61. The molecule has 2 fully saturated rings. The number of likely N-dealkylation sites (tertiary alicyclic amines) is 1. The number of piperidine rings is 1. The van der Waals surface area contributed by atoms with Crippen LogP contribution in [0, 0.1) is 11.8 Å². The van der Waals surface area contributed by atoms with Crippen LogP contribution >= 0.6 is 11.8 Å². The fourth-order valence-electron chi connectivity index (χ4n) is 3.42. The zero-order valence-corrected chi connectivity index (χ0v) is 15.2. The fourth-order valence-corrected chi connectivity index (χ4v) is 4.56. The molecule has 132 valence electrons. The third-order valence-corrected chi connectivity index (χ3v) is 6.44. The molecule has 24 heavy (non-hydrogen) atoms. The molecule has 4 heteroatoms. The van der Waals surface area contributed by atoms with Crippen molar-refractivity contribution in [3.63, 3.8) is 0 Å². The predicted octanol–water partition coefficient (Wildman–Crippen LogP) is 3.36. The van der Waals surface area contributed by atoms with Crippen molar-refractivity contribution in [2.24, 2.45) is 11.8 Å². The summed E-state index contributed by atoms with van der Waals surface area (Å²) in [4.78, 5) is 14.2. The van der Waals surface area contributed by atoms with Crippen LogP contribution in [0.1, 0.15) is 37.7 Å². The minimum Gasteiger partial charge on any atom is -0.393 e. The second-order valence-corrected chi connectivity index (χ2v) is 8.30. The summed E-state index contributed by atoms with van der Waals surface area (Å²) < 4.78 is 0. The van der Waals surface area contributed by atoms with Crippen molar-refractivity contribution < 1.29 is 9.90 Å². The molecule has 1 N–H and O–H groups in total. The number of aryl methyl sites for hydroxylation is 1. The van der Waals surface area contributed by atoms with Crippen LogP contribution in [-0.2, 0) is 11.2 Å². The van der Waals surface area contributed by atoms with Gasteiger partial charge in [0.2, 0.25) is 5.91 Å². The normalized spacial score (nSPS) is 20.1. The van der Waals surface area contributed by atoms with Gasteiger partial charge < -0.3 is 10.0 Å². The molecule has 0 spiro atoms. The molecule has 3 nitrogen and oxygen atoms in total. The first-order chi connectivity index (χ1) is 11.7. The third kappa shape index (κ3) is 5.52. The van der Waals surface area contributed by atoms with Crippen LogP contribution in [-0.4, -0.2) is 46.6 Å². The molecule has 0 bridgehead atoms. The lowest BCUT2D eigenvalue weighted by Crippen LogP contribution is -2.42. The lowest BCUT2D eigenvalue weighted by Gasteiger charge is -2.34. The Balaban J connectivity index is 1.33. The molecule has 0 radical (unpaired) electrons. The minimum absolute atomic E-state index is 0.244. The minimum atomic E-state index is -0.244. The zero-order chi connectivity index (χ0) is 16.8. The molecule has 1 aliphatic carbocycles. The van der Waals surface area contributed by atoms with Gasteiger partial charge in [-0.05, 0) is 61.7 Å². The predicted molar refractivity (Wildman–Crippen MR) is 100 cm³/mol. The Morgan fingerprint density at radius 3 is 2.54 bits per heavy atom. The number of thioether (sulfide) groups is 1. The molecular weight excluding hydrogens is 318 g/mol. The number of aliphatic hydroxyl groups is 1. The molecule has 2 aliphatic rings. The molecule has 3 rings (SSSR count). The van der Waals surface area contributed by atoms with E-state index in [0.717, 1.165) is 50.4 Å². The number of carbonyl (C=O) groups excluding carboxylic acids is 1. The summed E-state index contributed by atoms with van der Waals surface area (Å²) in [5.41, 5.74) is 1.29. The van der Waals surface area contributed by atoms with Crippen molar-refractivity contribution in [1.29, 1.82) is 0 Å². The molecule has 0 aromatic heterocycles. The Hall–Kier alpha value is -1.00. The maximum absolute atomic E-state index is 12.2. The lowest BCUT2D eigenvalue weighted by molar-refractivity contribution is -0.130. The van der Waals surface area contributed by atoms with Crippen LogP contribution in [0.5, 0.6) is 0 Å². The summed E-state index contributed by atoms with van der Waals surface area (Å²) in [7, 11) is 0. The van der Waals surface area contributed by atoms with Gasteiger partial charge >= 0.3 is 0 Å². The quantitative estimate of drug-likeness (QED) is 0.784. The smallest absolute Gasteiger partial charge is 0.232 e. The van der Waals surface area contributed by atoms with E-state index in [4.69, 9.17) is 0 Å². The Morgan fingerprint density at radius 1 is 1.17 bits per heavy atom. The van der Waals surface area contributed by atoms with Crippen molar-refractivity contribution in [1.82, 2.24) is 4.90 Å². The number of hydrogen-bond acceptors (Lipinski definition) is 3. The fraction of sp³-hybridized carbons (Fsp3) is 0.650. The molecule has 1 aliphatic heterocycles. The number of amides is 1. The van der Waals surface area contributed by atoms with Gasteiger partial charge in [-0.25, -0.2) is 0 Å². The zero-order valence-electron chi connectivity index (χ0n) is 14.4. The standard InChI is InChI=1S/C20H29NO2S/c22-19(9-8-16-4-2-1-3-5-16)18-10-12-21(13-11-18)20(23)15-24-14-17-6-7-17/h1-5,17-19,22H,6-15H2/t19-/m0/s1. The van der Waals surface area contributed by atoms with Crippen LogP contribution in [0.3, 0.4) is 0 Å². The van der Waals surface area contributed by atoms with E-state index in [-0.39, 0.29) is 12.0 Å². The summed E-state index contributed by atoms with van der Waals surface area (Å²) in [6, 6.07) is 10.4. The van der Waals surface area contributed by atoms with Crippen LogP contribution in [0.25, 0.3) is 0 Å². The van der Waals surface area contributed by atoms with E-state index in [1.54, 1.807) is 11.8 Å². The van der Waals surface area contributed by atoms with Gasteiger partial charge in [-0.15, -0.1) is 0 Å². The molecule has 1 amide bonds. The number of rotatable bonds is 8. The van der Waals surface area contributed by atoms with Crippen LogP contribution in [0.15, 0.2) is 30.3 Å². The molecular formula is C20H29NO2S. The summed E-state index contributed by atoms with van der Waals surface area (Å²) in [5, 5.41) is 10.5. The van der Waals surface area contributed by atoms with Gasteiger partial charge in [0.25, 0.3) is 0 Å². The summed E-state index contributed by atoms with van der Waals surface area (Å²) in [6.45, 7) is 1.63. The first-order valence-electron chi connectivity index (χ1n) is 9.30. The highest BCUT2D eigenvalue weighted by atomic mass is 32.2. The van der Waals surface area contributed by atoms with Gasteiger partial charge in [-0.1, -0.05) is 30.3 Å². The van der Waals surface area contributed by atoms with Gasteiger partial charge in [0.1, 0.15) is 0 Å². The second-order valence-electron chi connectivity index (χ2n) is 7.27. The number of aliphatic hydroxyl groups excluding tert-OH is 1. The van der Waals surface area contributed by atoms with Gasteiger partial charge in [0, 0.05) is 13.1 Å². The topological polar surface area (TPSA) is 40.5 Å². The van der Waals surface area contributed by atoms with E-state index in [1.807, 2.05) is 23.1 Å². The van der Waals surface area contributed by atoms with Gasteiger partial charge in [0.15, 0.2) is 0 Å². The largest absolute Gasteiger partial charge is 0.393 e. The monoisotopic (exact) mass is 347 g/mol. The lowest BCUT2D eigenvalue weighted by atomic mass is 9.88. The van der Waals surface area contributed by atoms with Crippen molar-refractivity contribution in [3.8, 4) is 0 Å². The SMILES string of the molecule is O=C(CSCC1CC1)N1CCC([C@@H](O)CCc2ccccc2)CC1. The average molecular weight is 348 g/mol. The highest BCUT2D eigenvalue weighted by Gasteiger charge is 2.27. The molecule has 1 heterocycles. The summed E-state index contributed by atoms with van der Waals surface area (Å²) in [6.07, 6.45) is 6.09. The maximum Gasteiger partial charge on any atom is 0.232 e. The molecule has 1 saturated carbocycles. The number of benzene rings is 1. The van der Waals surface area contributed by atoms with Crippen LogP contribution < -0.4 is 0 Å². The molecule has 1 aromatic carbocycles. The van der Waals surface area contributed by atoms with E-state index in [9.17, 15) is 9.90 Å². The number of nitrogens with zero attached hydrogens (tertiary/aromatic N) is 1. The highest BCUT2D eigenvalue weighted by molar-refractivity contribution is 7.99. The summed E-state index contributed by atoms with van der Waals surface area (Å²) >= 11 is 1.80. The van der Waals surface area contributed by atoms with Crippen LogP contribution in [0.4, 0.5) is 0 Å². The van der Waals surface area contributed by atoms with E-state index in [0.29, 0.717) is 11.7 Å². The number of hydrogen-bond donors (Lipinski definition) is 1. The van der Waals surface area contributed by atoms with Gasteiger partial charge in [0.05, 0.1) is 11.9 Å². The van der Waals surface area contributed by atoms with Crippen molar-refractivity contribution in [2.45, 2.75) is 44.6 Å². The van der Waals surface area contributed by atoms with Crippen molar-refractivity contribution >= 4 is 17.7 Å². The molecule has 1 atom stereocenters. The van der Waals surface area contributed by atoms with E-state index in [2.05, 4.69) is 12.1 Å². The first-order valence-corrected chi connectivity index (χ1v) is 10.5. The average Bonchev–Trinajstić information content (AvgIpc) is 3.45. The Morgan fingerprint density at radius 2 is 1.88 bits per heavy atom. The second kappa shape index (κ2) is 8.91. The Labute approximate surface area is 149 Å². The third-order valence-electron chi connectivity index (χ3n) is 5.28. The van der Waals surface area contributed by atoms with Crippen molar-refractivity contribution in [3.05, 3.63) is 35.9 Å². The van der Waals surface area contributed by atoms with E-state index in [1.165, 1.54) is 18.4 Å². The Bertz CT molecular complexity index is 510. The van der Waals surface area contributed by atoms with Gasteiger partial charge in [-0.2, -0.15) is 11.8 Å². The maximum atomic E-state index is 12.2.